The van der Waals surface area contributed by atoms with Gasteiger partial charge in [0, 0.05) is 11.6 Å². The number of hydrogen-bond donors (Lipinski definition) is 1. The summed E-state index contributed by atoms with van der Waals surface area (Å²) < 4.78 is 10.1. The summed E-state index contributed by atoms with van der Waals surface area (Å²) in [6.07, 6.45) is 1.30. The molecule has 1 aromatic rings. The molecule has 4 nitrogen and oxygen atoms in total. The standard InChI is InChI=1S/C9H11NO3/c1-12-8-4-3-7(6-10-11)9(5-8)13-2/h3-6,11H,1-2H3/b10-6+. The van der Waals surface area contributed by atoms with Gasteiger partial charge in [-0.2, -0.15) is 0 Å². The molecular weight excluding hydrogens is 170 g/mol. The Morgan fingerprint density at radius 1 is 1.31 bits per heavy atom. The first kappa shape index (κ1) is 9.38. The fourth-order valence-electron chi connectivity index (χ4n) is 0.987. The van der Waals surface area contributed by atoms with Crippen LogP contribution in [0.1, 0.15) is 5.56 Å². The van der Waals surface area contributed by atoms with E-state index in [4.69, 9.17) is 14.7 Å². The van der Waals surface area contributed by atoms with E-state index >= 15 is 0 Å². The van der Waals surface area contributed by atoms with Gasteiger partial charge in [-0.05, 0) is 12.1 Å². The molecule has 70 valence electrons. The van der Waals surface area contributed by atoms with Gasteiger partial charge in [0.2, 0.25) is 0 Å². The molecule has 0 spiro atoms. The number of hydrogen-bond acceptors (Lipinski definition) is 4. The Kier molecular flexibility index (Phi) is 3.14. The fraction of sp³-hybridized carbons (Fsp3) is 0.222. The molecule has 0 fully saturated rings. The number of rotatable bonds is 3. The second-order valence-corrected chi connectivity index (χ2v) is 2.35. The van der Waals surface area contributed by atoms with Crippen LogP contribution in [-0.4, -0.2) is 25.6 Å². The van der Waals surface area contributed by atoms with Crippen molar-refractivity contribution in [2.75, 3.05) is 14.2 Å². The van der Waals surface area contributed by atoms with E-state index in [2.05, 4.69) is 5.16 Å². The second kappa shape index (κ2) is 4.35. The molecule has 0 saturated carbocycles. The zero-order valence-corrected chi connectivity index (χ0v) is 7.52. The monoisotopic (exact) mass is 181 g/mol. The molecular formula is C9H11NO3. The summed E-state index contributed by atoms with van der Waals surface area (Å²) in [7, 11) is 3.12. The Morgan fingerprint density at radius 2 is 2.08 bits per heavy atom. The summed E-state index contributed by atoms with van der Waals surface area (Å²) in [5.74, 6) is 1.31. The average molecular weight is 181 g/mol. The predicted octanol–water partition coefficient (Wildman–Crippen LogP) is 1.51. The maximum Gasteiger partial charge on any atom is 0.131 e. The van der Waals surface area contributed by atoms with Gasteiger partial charge in [-0.15, -0.1) is 0 Å². The molecule has 0 saturated heterocycles. The minimum atomic E-state index is 0.608. The van der Waals surface area contributed by atoms with Gasteiger partial charge in [0.05, 0.1) is 20.4 Å². The van der Waals surface area contributed by atoms with Crippen molar-refractivity contribution in [1.29, 1.82) is 0 Å². The molecule has 13 heavy (non-hydrogen) atoms. The lowest BCUT2D eigenvalue weighted by Crippen LogP contribution is -1.92. The van der Waals surface area contributed by atoms with Crippen LogP contribution in [0, 0.1) is 0 Å². The van der Waals surface area contributed by atoms with Crippen molar-refractivity contribution < 1.29 is 14.7 Å². The van der Waals surface area contributed by atoms with Gasteiger partial charge in [-0.3, -0.25) is 0 Å². The molecule has 4 heteroatoms. The summed E-state index contributed by atoms with van der Waals surface area (Å²) >= 11 is 0. The van der Waals surface area contributed by atoms with Gasteiger partial charge in [0.1, 0.15) is 11.5 Å². The number of nitrogens with zero attached hydrogens (tertiary/aromatic N) is 1. The van der Waals surface area contributed by atoms with Crippen LogP contribution in [0.25, 0.3) is 0 Å². The first-order valence-corrected chi connectivity index (χ1v) is 3.71. The van der Waals surface area contributed by atoms with Crippen LogP contribution in [0.5, 0.6) is 11.5 Å². The van der Waals surface area contributed by atoms with Crippen LogP contribution < -0.4 is 9.47 Å². The van der Waals surface area contributed by atoms with Crippen LogP contribution in [0.4, 0.5) is 0 Å². The third-order valence-corrected chi connectivity index (χ3v) is 1.64. The average Bonchev–Trinajstić information content (AvgIpc) is 2.19. The second-order valence-electron chi connectivity index (χ2n) is 2.35. The maximum atomic E-state index is 8.35. The molecule has 0 unspecified atom stereocenters. The third-order valence-electron chi connectivity index (χ3n) is 1.64. The SMILES string of the molecule is COc1ccc(/C=N/O)c(OC)c1. The normalized spacial score (nSPS) is 10.3. The van der Waals surface area contributed by atoms with Crippen molar-refractivity contribution in [3.05, 3.63) is 23.8 Å². The molecule has 1 rings (SSSR count). The van der Waals surface area contributed by atoms with Gasteiger partial charge in [-0.1, -0.05) is 5.16 Å². The number of methoxy groups -OCH3 is 2. The Hall–Kier alpha value is -1.71. The largest absolute Gasteiger partial charge is 0.497 e. The van der Waals surface area contributed by atoms with Gasteiger partial charge in [-0.25, -0.2) is 0 Å². The zero-order chi connectivity index (χ0) is 9.68. The highest BCUT2D eigenvalue weighted by Gasteiger charge is 2.01. The number of oxime groups is 1. The highest BCUT2D eigenvalue weighted by atomic mass is 16.5. The van der Waals surface area contributed by atoms with Gasteiger partial charge in [0.25, 0.3) is 0 Å². The topological polar surface area (TPSA) is 51.0 Å². The van der Waals surface area contributed by atoms with E-state index in [1.54, 1.807) is 32.4 Å². The molecule has 0 amide bonds. The molecule has 0 aromatic heterocycles. The lowest BCUT2D eigenvalue weighted by atomic mass is 10.2. The van der Waals surface area contributed by atoms with Crippen LogP contribution in [0.2, 0.25) is 0 Å². The third kappa shape index (κ3) is 2.11. The van der Waals surface area contributed by atoms with Gasteiger partial charge >= 0.3 is 0 Å². The molecule has 0 aliphatic rings. The maximum absolute atomic E-state index is 8.35. The summed E-state index contributed by atoms with van der Waals surface area (Å²) in [4.78, 5) is 0. The first-order valence-electron chi connectivity index (χ1n) is 3.71. The van der Waals surface area contributed by atoms with E-state index in [1.807, 2.05) is 0 Å². The van der Waals surface area contributed by atoms with E-state index in [0.29, 0.717) is 17.1 Å². The minimum absolute atomic E-state index is 0.608. The van der Waals surface area contributed by atoms with Gasteiger partial charge < -0.3 is 14.7 Å². The molecule has 0 aliphatic heterocycles. The molecule has 1 aromatic carbocycles. The highest BCUT2D eigenvalue weighted by Crippen LogP contribution is 2.22. The quantitative estimate of drug-likeness (QED) is 0.437. The van der Waals surface area contributed by atoms with E-state index in [0.717, 1.165) is 0 Å². The van der Waals surface area contributed by atoms with Crippen molar-refractivity contribution in [3.63, 3.8) is 0 Å². The van der Waals surface area contributed by atoms with Crippen LogP contribution in [0.3, 0.4) is 0 Å². The van der Waals surface area contributed by atoms with E-state index in [1.165, 1.54) is 6.21 Å². The van der Waals surface area contributed by atoms with E-state index < -0.39 is 0 Å². The number of ether oxygens (including phenoxy) is 2. The van der Waals surface area contributed by atoms with E-state index in [9.17, 15) is 0 Å². The minimum Gasteiger partial charge on any atom is -0.497 e. The van der Waals surface area contributed by atoms with Gasteiger partial charge in [0.15, 0.2) is 0 Å². The first-order chi connectivity index (χ1) is 6.31. The van der Waals surface area contributed by atoms with Crippen molar-refractivity contribution >= 4 is 6.21 Å². The lowest BCUT2D eigenvalue weighted by Gasteiger charge is -2.05. The van der Waals surface area contributed by atoms with Crippen molar-refractivity contribution in [1.82, 2.24) is 0 Å². The Balaban J connectivity index is 3.07. The summed E-state index contributed by atoms with van der Waals surface area (Å²) in [5, 5.41) is 11.3. The fourth-order valence-corrected chi connectivity index (χ4v) is 0.987. The molecule has 0 bridgehead atoms. The summed E-state index contributed by atoms with van der Waals surface area (Å²) in [6, 6.07) is 5.23. The smallest absolute Gasteiger partial charge is 0.131 e. The molecule has 0 radical (unpaired) electrons. The molecule has 0 atom stereocenters. The van der Waals surface area contributed by atoms with Crippen LogP contribution >= 0.6 is 0 Å². The Labute approximate surface area is 76.4 Å². The lowest BCUT2D eigenvalue weighted by molar-refractivity contribution is 0.321. The van der Waals surface area contributed by atoms with Crippen LogP contribution in [-0.2, 0) is 0 Å². The zero-order valence-electron chi connectivity index (χ0n) is 7.52. The Morgan fingerprint density at radius 3 is 2.62 bits per heavy atom. The van der Waals surface area contributed by atoms with Crippen LogP contribution in [0.15, 0.2) is 23.4 Å². The predicted molar refractivity (Wildman–Crippen MR) is 48.9 cm³/mol. The molecule has 0 heterocycles. The van der Waals surface area contributed by atoms with Crippen molar-refractivity contribution in [2.24, 2.45) is 5.16 Å². The summed E-state index contributed by atoms with van der Waals surface area (Å²) in [6.45, 7) is 0. The van der Waals surface area contributed by atoms with E-state index in [-0.39, 0.29) is 0 Å². The summed E-state index contributed by atoms with van der Waals surface area (Å²) in [5.41, 5.74) is 0.700. The van der Waals surface area contributed by atoms with Crippen molar-refractivity contribution in [2.45, 2.75) is 0 Å². The number of benzene rings is 1. The Bertz CT molecular complexity index is 310. The highest BCUT2D eigenvalue weighted by molar-refractivity contribution is 5.83. The molecule has 1 N–H and O–H groups in total. The molecule has 0 aliphatic carbocycles. The van der Waals surface area contributed by atoms with Crippen molar-refractivity contribution in [3.8, 4) is 11.5 Å².